The highest BCUT2D eigenvalue weighted by Gasteiger charge is 2.12. The second-order valence-electron chi connectivity index (χ2n) is 3.98. The van der Waals surface area contributed by atoms with Crippen LogP contribution in [0.15, 0.2) is 40.8 Å². The van der Waals surface area contributed by atoms with Gasteiger partial charge in [0.2, 0.25) is 5.78 Å². The van der Waals surface area contributed by atoms with Crippen LogP contribution in [0, 0.1) is 6.92 Å². The number of benzene rings is 1. The minimum atomic E-state index is -0.0861. The fourth-order valence-electron chi connectivity index (χ4n) is 1.73. The Hall–Kier alpha value is -1.87. The molecular formula is C14H15NO2. The molecule has 0 bridgehead atoms. The van der Waals surface area contributed by atoms with Crippen LogP contribution in [0.5, 0.6) is 0 Å². The first-order chi connectivity index (χ1) is 8.20. The molecule has 0 unspecified atom stereocenters. The highest BCUT2D eigenvalue weighted by Crippen LogP contribution is 2.14. The topological polar surface area (TPSA) is 56.2 Å². The summed E-state index contributed by atoms with van der Waals surface area (Å²) in [6.45, 7) is 2.40. The van der Waals surface area contributed by atoms with E-state index in [9.17, 15) is 4.79 Å². The Morgan fingerprint density at radius 2 is 2.12 bits per heavy atom. The fraction of sp³-hybridized carbons (Fsp3) is 0.214. The van der Waals surface area contributed by atoms with Crippen LogP contribution < -0.4 is 5.73 Å². The van der Waals surface area contributed by atoms with Gasteiger partial charge in [0.1, 0.15) is 5.76 Å². The molecule has 0 atom stereocenters. The van der Waals surface area contributed by atoms with E-state index >= 15 is 0 Å². The molecule has 0 fully saturated rings. The van der Waals surface area contributed by atoms with Crippen LogP contribution in [0.3, 0.4) is 0 Å². The maximum Gasteiger partial charge on any atom is 0.228 e. The summed E-state index contributed by atoms with van der Waals surface area (Å²) in [5.41, 5.74) is 7.21. The molecule has 0 amide bonds. The van der Waals surface area contributed by atoms with E-state index in [0.717, 1.165) is 17.7 Å². The van der Waals surface area contributed by atoms with Gasteiger partial charge >= 0.3 is 0 Å². The first-order valence-corrected chi connectivity index (χ1v) is 5.61. The molecule has 2 rings (SSSR count). The Morgan fingerprint density at radius 3 is 2.76 bits per heavy atom. The van der Waals surface area contributed by atoms with Crippen LogP contribution >= 0.6 is 0 Å². The van der Waals surface area contributed by atoms with Crippen molar-refractivity contribution in [1.82, 2.24) is 0 Å². The zero-order valence-electron chi connectivity index (χ0n) is 9.77. The molecule has 0 saturated heterocycles. The van der Waals surface area contributed by atoms with Crippen molar-refractivity contribution in [3.63, 3.8) is 0 Å². The van der Waals surface area contributed by atoms with Gasteiger partial charge in [-0.15, -0.1) is 0 Å². The molecule has 17 heavy (non-hydrogen) atoms. The van der Waals surface area contributed by atoms with Gasteiger partial charge in [-0.05, 0) is 43.7 Å². The number of aryl methyl sites for hydroxylation is 1. The molecule has 0 aliphatic heterocycles. The summed E-state index contributed by atoms with van der Waals surface area (Å²) in [6.07, 6.45) is 0.776. The van der Waals surface area contributed by atoms with Crippen molar-refractivity contribution in [3.8, 4) is 0 Å². The largest absolute Gasteiger partial charge is 0.458 e. The van der Waals surface area contributed by atoms with Crippen LogP contribution in [0.1, 0.15) is 27.4 Å². The van der Waals surface area contributed by atoms with Crippen LogP contribution in [-0.4, -0.2) is 12.3 Å². The van der Waals surface area contributed by atoms with Gasteiger partial charge in [-0.2, -0.15) is 0 Å². The molecule has 88 valence electrons. The van der Waals surface area contributed by atoms with Gasteiger partial charge in [0.25, 0.3) is 0 Å². The quantitative estimate of drug-likeness (QED) is 0.818. The lowest BCUT2D eigenvalue weighted by atomic mass is 10.0. The van der Waals surface area contributed by atoms with Gasteiger partial charge in [0.15, 0.2) is 5.76 Å². The predicted molar refractivity (Wildman–Crippen MR) is 66.1 cm³/mol. The van der Waals surface area contributed by atoms with Crippen molar-refractivity contribution in [2.45, 2.75) is 13.3 Å². The Morgan fingerprint density at radius 1 is 1.29 bits per heavy atom. The maximum atomic E-state index is 12.1. The van der Waals surface area contributed by atoms with E-state index in [1.54, 1.807) is 18.2 Å². The third kappa shape index (κ3) is 2.63. The standard InChI is InChI=1S/C14H15NO2/c1-10-5-6-13(17-10)14(16)12-4-2-3-11(9-12)7-8-15/h2-6,9H,7-8,15H2,1H3. The average Bonchev–Trinajstić information content (AvgIpc) is 2.76. The highest BCUT2D eigenvalue weighted by atomic mass is 16.3. The van der Waals surface area contributed by atoms with Crippen molar-refractivity contribution in [3.05, 3.63) is 59.0 Å². The Balaban J connectivity index is 2.27. The lowest BCUT2D eigenvalue weighted by Gasteiger charge is -2.02. The first kappa shape index (κ1) is 11.6. The number of carbonyl (C=O) groups excluding carboxylic acids is 1. The average molecular weight is 229 g/mol. The van der Waals surface area contributed by atoms with E-state index < -0.39 is 0 Å². The molecule has 2 N–H and O–H groups in total. The second kappa shape index (κ2) is 4.97. The van der Waals surface area contributed by atoms with Crippen LogP contribution in [0.2, 0.25) is 0 Å². The minimum Gasteiger partial charge on any atom is -0.458 e. The molecule has 0 spiro atoms. The highest BCUT2D eigenvalue weighted by molar-refractivity contribution is 6.07. The summed E-state index contributed by atoms with van der Waals surface area (Å²) in [4.78, 5) is 12.1. The van der Waals surface area contributed by atoms with E-state index in [1.807, 2.05) is 25.1 Å². The molecular weight excluding hydrogens is 214 g/mol. The maximum absolute atomic E-state index is 12.1. The third-order valence-corrected chi connectivity index (χ3v) is 2.59. The van der Waals surface area contributed by atoms with E-state index in [1.165, 1.54) is 0 Å². The van der Waals surface area contributed by atoms with Crippen molar-refractivity contribution < 1.29 is 9.21 Å². The molecule has 1 aromatic heterocycles. The van der Waals surface area contributed by atoms with Crippen molar-refractivity contribution in [2.75, 3.05) is 6.54 Å². The lowest BCUT2D eigenvalue weighted by molar-refractivity contribution is 0.101. The Labute approximate surface area is 100 Å². The smallest absolute Gasteiger partial charge is 0.228 e. The van der Waals surface area contributed by atoms with Gasteiger partial charge in [-0.3, -0.25) is 4.79 Å². The third-order valence-electron chi connectivity index (χ3n) is 2.59. The van der Waals surface area contributed by atoms with Gasteiger partial charge in [-0.1, -0.05) is 18.2 Å². The predicted octanol–water partition coefficient (Wildman–Crippen LogP) is 2.32. The van der Waals surface area contributed by atoms with Gasteiger partial charge < -0.3 is 10.2 Å². The summed E-state index contributed by atoms with van der Waals surface area (Å²) >= 11 is 0. The van der Waals surface area contributed by atoms with Crippen LogP contribution in [-0.2, 0) is 6.42 Å². The number of furan rings is 1. The minimum absolute atomic E-state index is 0.0861. The Kier molecular flexibility index (Phi) is 3.40. The Bertz CT molecular complexity index is 529. The molecule has 0 aliphatic rings. The van der Waals surface area contributed by atoms with Gasteiger partial charge in [-0.25, -0.2) is 0 Å². The van der Waals surface area contributed by atoms with Gasteiger partial charge in [0, 0.05) is 5.56 Å². The van der Waals surface area contributed by atoms with Crippen molar-refractivity contribution >= 4 is 5.78 Å². The molecule has 3 nitrogen and oxygen atoms in total. The molecule has 1 aromatic carbocycles. The number of hydrogen-bond acceptors (Lipinski definition) is 3. The molecule has 0 aliphatic carbocycles. The van der Waals surface area contributed by atoms with E-state index in [0.29, 0.717) is 17.9 Å². The van der Waals surface area contributed by atoms with E-state index in [-0.39, 0.29) is 5.78 Å². The molecule has 2 aromatic rings. The van der Waals surface area contributed by atoms with E-state index in [2.05, 4.69) is 0 Å². The molecule has 1 heterocycles. The number of hydrogen-bond donors (Lipinski definition) is 1. The van der Waals surface area contributed by atoms with E-state index in [4.69, 9.17) is 10.2 Å². The van der Waals surface area contributed by atoms with Crippen LogP contribution in [0.4, 0.5) is 0 Å². The number of nitrogens with two attached hydrogens (primary N) is 1. The summed E-state index contributed by atoms with van der Waals surface area (Å²) in [5, 5.41) is 0. The SMILES string of the molecule is Cc1ccc(C(=O)c2cccc(CCN)c2)o1. The number of carbonyl (C=O) groups is 1. The number of rotatable bonds is 4. The fourth-order valence-corrected chi connectivity index (χ4v) is 1.73. The molecule has 0 saturated carbocycles. The summed E-state index contributed by atoms with van der Waals surface area (Å²) in [6, 6.07) is 11.0. The zero-order valence-corrected chi connectivity index (χ0v) is 9.77. The monoisotopic (exact) mass is 229 g/mol. The van der Waals surface area contributed by atoms with Crippen LogP contribution in [0.25, 0.3) is 0 Å². The molecule has 3 heteroatoms. The van der Waals surface area contributed by atoms with Crippen molar-refractivity contribution in [1.29, 1.82) is 0 Å². The second-order valence-corrected chi connectivity index (χ2v) is 3.98. The van der Waals surface area contributed by atoms with Gasteiger partial charge in [0.05, 0.1) is 0 Å². The summed E-state index contributed by atoms with van der Waals surface area (Å²) in [5.74, 6) is 1.04. The zero-order chi connectivity index (χ0) is 12.3. The normalized spacial score (nSPS) is 10.5. The first-order valence-electron chi connectivity index (χ1n) is 5.61. The lowest BCUT2D eigenvalue weighted by Crippen LogP contribution is -2.05. The van der Waals surface area contributed by atoms with Crippen molar-refractivity contribution in [2.24, 2.45) is 5.73 Å². The number of ketones is 1. The molecule has 0 radical (unpaired) electrons. The summed E-state index contributed by atoms with van der Waals surface area (Å²) in [7, 11) is 0. The summed E-state index contributed by atoms with van der Waals surface area (Å²) < 4.78 is 5.33.